The third-order valence-corrected chi connectivity index (χ3v) is 5.27. The number of carbonyl (C=O) groups is 1. The van der Waals surface area contributed by atoms with Gasteiger partial charge in [0.15, 0.2) is 0 Å². The standard InChI is InChI=1S/C19H15ClN2O3S/c20-13-5-7-14(8-6-13)26-12-19(23)22-16(18-4-2-10-25-18)11-15(21-22)17-3-1-9-24-17/h1-10,16H,11-12H2. The Morgan fingerprint density at radius 1 is 1.15 bits per heavy atom. The fourth-order valence-electron chi connectivity index (χ4n) is 2.78. The summed E-state index contributed by atoms with van der Waals surface area (Å²) in [5, 5.41) is 6.68. The molecule has 3 heterocycles. The van der Waals surface area contributed by atoms with E-state index in [0.717, 1.165) is 10.6 Å². The molecular weight excluding hydrogens is 372 g/mol. The first-order valence-corrected chi connectivity index (χ1v) is 9.42. The minimum Gasteiger partial charge on any atom is -0.467 e. The van der Waals surface area contributed by atoms with Crippen molar-refractivity contribution in [3.63, 3.8) is 0 Å². The Balaban J connectivity index is 1.52. The van der Waals surface area contributed by atoms with Crippen molar-refractivity contribution in [2.24, 2.45) is 5.10 Å². The molecule has 4 rings (SSSR count). The largest absolute Gasteiger partial charge is 0.467 e. The molecule has 0 saturated carbocycles. The third-order valence-electron chi connectivity index (χ3n) is 4.02. The predicted molar refractivity (Wildman–Crippen MR) is 100 cm³/mol. The molecule has 132 valence electrons. The topological polar surface area (TPSA) is 59.0 Å². The zero-order chi connectivity index (χ0) is 17.9. The van der Waals surface area contributed by atoms with Crippen LogP contribution in [0.5, 0.6) is 0 Å². The van der Waals surface area contributed by atoms with Crippen molar-refractivity contribution < 1.29 is 13.6 Å². The number of benzene rings is 1. The summed E-state index contributed by atoms with van der Waals surface area (Å²) in [7, 11) is 0. The van der Waals surface area contributed by atoms with Gasteiger partial charge in [-0.1, -0.05) is 11.6 Å². The number of carbonyl (C=O) groups excluding carboxylic acids is 1. The molecule has 1 atom stereocenters. The van der Waals surface area contributed by atoms with Crippen LogP contribution in [0, 0.1) is 0 Å². The average Bonchev–Trinajstić information content (AvgIpc) is 3.41. The van der Waals surface area contributed by atoms with Crippen LogP contribution in [0.3, 0.4) is 0 Å². The normalized spacial score (nSPS) is 16.7. The van der Waals surface area contributed by atoms with E-state index in [4.69, 9.17) is 20.4 Å². The van der Waals surface area contributed by atoms with Gasteiger partial charge in [0.1, 0.15) is 23.3 Å². The molecule has 0 bridgehead atoms. The number of amides is 1. The van der Waals surface area contributed by atoms with Gasteiger partial charge in [-0.15, -0.1) is 11.8 Å². The lowest BCUT2D eigenvalue weighted by Gasteiger charge is -2.19. The predicted octanol–water partition coefficient (Wildman–Crippen LogP) is 5.00. The van der Waals surface area contributed by atoms with Crippen LogP contribution < -0.4 is 0 Å². The fourth-order valence-corrected chi connectivity index (χ4v) is 3.65. The van der Waals surface area contributed by atoms with Gasteiger partial charge in [-0.3, -0.25) is 4.79 Å². The Morgan fingerprint density at radius 2 is 1.92 bits per heavy atom. The molecule has 0 N–H and O–H groups in total. The summed E-state index contributed by atoms with van der Waals surface area (Å²) in [6, 6.07) is 14.5. The number of thioether (sulfide) groups is 1. The third kappa shape index (κ3) is 3.57. The highest BCUT2D eigenvalue weighted by atomic mass is 35.5. The quantitative estimate of drug-likeness (QED) is 0.579. The molecule has 3 aromatic rings. The second kappa shape index (κ2) is 7.43. The van der Waals surface area contributed by atoms with Crippen molar-refractivity contribution in [1.29, 1.82) is 0 Å². The van der Waals surface area contributed by atoms with E-state index in [-0.39, 0.29) is 17.7 Å². The van der Waals surface area contributed by atoms with E-state index in [1.165, 1.54) is 16.8 Å². The Labute approximate surface area is 159 Å². The van der Waals surface area contributed by atoms with Crippen LogP contribution in [0.15, 0.2) is 79.9 Å². The molecule has 1 aromatic carbocycles. The molecular formula is C19H15ClN2O3S. The van der Waals surface area contributed by atoms with Gasteiger partial charge in [0.05, 0.1) is 18.3 Å². The maximum absolute atomic E-state index is 12.8. The van der Waals surface area contributed by atoms with E-state index >= 15 is 0 Å². The lowest BCUT2D eigenvalue weighted by Crippen LogP contribution is -2.28. The molecule has 1 unspecified atom stereocenters. The number of nitrogens with zero attached hydrogens (tertiary/aromatic N) is 2. The van der Waals surface area contributed by atoms with Crippen molar-refractivity contribution in [3.8, 4) is 0 Å². The van der Waals surface area contributed by atoms with Crippen LogP contribution in [0.1, 0.15) is 24.0 Å². The molecule has 0 fully saturated rings. The molecule has 5 nitrogen and oxygen atoms in total. The van der Waals surface area contributed by atoms with Gasteiger partial charge in [0.25, 0.3) is 5.91 Å². The zero-order valence-corrected chi connectivity index (χ0v) is 15.2. The first-order chi connectivity index (χ1) is 12.7. The number of hydrazone groups is 1. The Kier molecular flexibility index (Phi) is 4.86. The molecule has 1 aliphatic rings. The van der Waals surface area contributed by atoms with Crippen LogP contribution in [0.4, 0.5) is 0 Å². The lowest BCUT2D eigenvalue weighted by molar-refractivity contribution is -0.130. The second-order valence-electron chi connectivity index (χ2n) is 5.74. The Bertz CT molecular complexity index is 905. The van der Waals surface area contributed by atoms with Gasteiger partial charge in [0, 0.05) is 16.3 Å². The summed E-state index contributed by atoms with van der Waals surface area (Å²) in [5.41, 5.74) is 0.737. The highest BCUT2D eigenvalue weighted by Crippen LogP contribution is 2.34. The highest BCUT2D eigenvalue weighted by Gasteiger charge is 2.35. The lowest BCUT2D eigenvalue weighted by atomic mass is 10.1. The summed E-state index contributed by atoms with van der Waals surface area (Å²) >= 11 is 7.35. The molecule has 2 aromatic heterocycles. The number of hydrogen-bond donors (Lipinski definition) is 0. The molecule has 0 saturated heterocycles. The summed E-state index contributed by atoms with van der Waals surface area (Å²) in [6.07, 6.45) is 3.75. The zero-order valence-electron chi connectivity index (χ0n) is 13.7. The maximum atomic E-state index is 12.8. The van der Waals surface area contributed by atoms with Gasteiger partial charge in [-0.25, -0.2) is 5.01 Å². The van der Waals surface area contributed by atoms with Gasteiger partial charge in [-0.05, 0) is 48.5 Å². The average molecular weight is 387 g/mol. The molecule has 1 aliphatic heterocycles. The fraction of sp³-hybridized carbons (Fsp3) is 0.158. The van der Waals surface area contributed by atoms with Crippen molar-refractivity contribution in [2.45, 2.75) is 17.4 Å². The van der Waals surface area contributed by atoms with Gasteiger partial charge < -0.3 is 8.83 Å². The van der Waals surface area contributed by atoms with Crippen molar-refractivity contribution >= 4 is 35.0 Å². The van der Waals surface area contributed by atoms with Crippen molar-refractivity contribution in [1.82, 2.24) is 5.01 Å². The van der Waals surface area contributed by atoms with Crippen LogP contribution in [0.2, 0.25) is 5.02 Å². The summed E-state index contributed by atoms with van der Waals surface area (Å²) in [6.45, 7) is 0. The molecule has 1 amide bonds. The number of rotatable bonds is 5. The number of halogens is 1. The van der Waals surface area contributed by atoms with E-state index in [9.17, 15) is 4.79 Å². The molecule has 26 heavy (non-hydrogen) atoms. The number of hydrogen-bond acceptors (Lipinski definition) is 5. The Hall–Kier alpha value is -2.44. The van der Waals surface area contributed by atoms with Gasteiger partial charge >= 0.3 is 0 Å². The first kappa shape index (κ1) is 17.0. The van der Waals surface area contributed by atoms with Crippen molar-refractivity contribution in [3.05, 3.63) is 77.6 Å². The number of furan rings is 2. The molecule has 0 spiro atoms. The molecule has 0 radical (unpaired) electrons. The van der Waals surface area contributed by atoms with Gasteiger partial charge in [0.2, 0.25) is 0 Å². The summed E-state index contributed by atoms with van der Waals surface area (Å²) in [4.78, 5) is 13.8. The van der Waals surface area contributed by atoms with E-state index in [2.05, 4.69) is 5.10 Å². The monoisotopic (exact) mass is 386 g/mol. The van der Waals surface area contributed by atoms with Crippen LogP contribution in [0.25, 0.3) is 0 Å². The second-order valence-corrected chi connectivity index (χ2v) is 7.23. The van der Waals surface area contributed by atoms with E-state index in [0.29, 0.717) is 23.0 Å². The van der Waals surface area contributed by atoms with E-state index < -0.39 is 0 Å². The minimum absolute atomic E-state index is 0.0899. The van der Waals surface area contributed by atoms with Crippen LogP contribution in [-0.2, 0) is 4.79 Å². The van der Waals surface area contributed by atoms with E-state index in [1.807, 2.05) is 42.5 Å². The maximum Gasteiger partial charge on any atom is 0.253 e. The summed E-state index contributed by atoms with van der Waals surface area (Å²) < 4.78 is 11.0. The van der Waals surface area contributed by atoms with Crippen molar-refractivity contribution in [2.75, 3.05) is 5.75 Å². The van der Waals surface area contributed by atoms with Gasteiger partial charge in [-0.2, -0.15) is 5.10 Å². The SMILES string of the molecule is O=C(CSc1ccc(Cl)cc1)N1N=C(c2ccco2)CC1c1ccco1. The smallest absolute Gasteiger partial charge is 0.253 e. The molecule has 0 aliphatic carbocycles. The van der Waals surface area contributed by atoms with E-state index in [1.54, 1.807) is 18.6 Å². The Morgan fingerprint density at radius 3 is 2.62 bits per heavy atom. The minimum atomic E-state index is -0.261. The highest BCUT2D eigenvalue weighted by molar-refractivity contribution is 8.00. The first-order valence-electron chi connectivity index (χ1n) is 8.06. The summed E-state index contributed by atoms with van der Waals surface area (Å²) in [5.74, 6) is 1.56. The molecule has 7 heteroatoms. The van der Waals surface area contributed by atoms with Crippen LogP contribution in [-0.4, -0.2) is 22.4 Å². The van der Waals surface area contributed by atoms with Crippen LogP contribution >= 0.6 is 23.4 Å².